The van der Waals surface area contributed by atoms with Gasteiger partial charge in [-0.2, -0.15) is 0 Å². The number of hydrogen-bond acceptors (Lipinski definition) is 5. The standard InChI is InChI=1S/C18H18O5/c1-20-12-5-6-13-16(9-12)23-10-14(18(13)19)11-4-7-15(21-2)17(8-11)22-3/h4-10,18-19H,1-3H3/t18-/m0/s1. The largest absolute Gasteiger partial charge is 0.497 e. The zero-order chi connectivity index (χ0) is 16.4. The van der Waals surface area contributed by atoms with Crippen molar-refractivity contribution >= 4 is 5.57 Å². The first-order valence-electron chi connectivity index (χ1n) is 7.13. The quantitative estimate of drug-likeness (QED) is 0.939. The first-order valence-corrected chi connectivity index (χ1v) is 7.13. The molecule has 5 heteroatoms. The van der Waals surface area contributed by atoms with Crippen LogP contribution in [0.15, 0.2) is 42.7 Å². The maximum atomic E-state index is 10.7. The lowest BCUT2D eigenvalue weighted by Crippen LogP contribution is -2.09. The van der Waals surface area contributed by atoms with Gasteiger partial charge in [0.05, 0.1) is 27.6 Å². The molecular weight excluding hydrogens is 296 g/mol. The average Bonchev–Trinajstić information content (AvgIpc) is 2.61. The average molecular weight is 314 g/mol. The molecule has 2 aromatic carbocycles. The minimum Gasteiger partial charge on any atom is -0.497 e. The van der Waals surface area contributed by atoms with Crippen molar-refractivity contribution in [3.05, 3.63) is 53.8 Å². The molecule has 1 aliphatic rings. The predicted molar refractivity (Wildman–Crippen MR) is 86.1 cm³/mol. The van der Waals surface area contributed by atoms with E-state index in [9.17, 15) is 5.11 Å². The maximum absolute atomic E-state index is 10.7. The Morgan fingerprint density at radius 3 is 2.39 bits per heavy atom. The number of aliphatic hydroxyl groups is 1. The van der Waals surface area contributed by atoms with E-state index in [-0.39, 0.29) is 0 Å². The second kappa shape index (κ2) is 6.22. The Hall–Kier alpha value is -2.66. The van der Waals surface area contributed by atoms with Crippen LogP contribution in [0, 0.1) is 0 Å². The first-order chi connectivity index (χ1) is 11.2. The van der Waals surface area contributed by atoms with Crippen LogP contribution in [0.25, 0.3) is 5.57 Å². The van der Waals surface area contributed by atoms with E-state index in [4.69, 9.17) is 18.9 Å². The number of methoxy groups -OCH3 is 3. The molecule has 2 aromatic rings. The molecule has 1 heterocycles. The van der Waals surface area contributed by atoms with Crippen LogP contribution in [0.5, 0.6) is 23.0 Å². The Balaban J connectivity index is 1.97. The molecule has 0 unspecified atom stereocenters. The van der Waals surface area contributed by atoms with E-state index in [1.807, 2.05) is 12.1 Å². The zero-order valence-electron chi connectivity index (χ0n) is 13.2. The summed E-state index contributed by atoms with van der Waals surface area (Å²) in [7, 11) is 4.75. The molecule has 0 saturated heterocycles. The Labute approximate surface area is 134 Å². The van der Waals surface area contributed by atoms with E-state index in [1.165, 1.54) is 0 Å². The number of benzene rings is 2. The molecule has 0 fully saturated rings. The molecule has 23 heavy (non-hydrogen) atoms. The SMILES string of the molecule is COc1ccc2c(c1)OC=C(c1ccc(OC)c(OC)c1)[C@H]2O. The first kappa shape index (κ1) is 15.2. The van der Waals surface area contributed by atoms with Gasteiger partial charge in [-0.05, 0) is 29.8 Å². The summed E-state index contributed by atoms with van der Waals surface area (Å²) >= 11 is 0. The summed E-state index contributed by atoms with van der Waals surface area (Å²) in [5.41, 5.74) is 2.15. The van der Waals surface area contributed by atoms with Crippen LogP contribution < -0.4 is 18.9 Å². The number of ether oxygens (including phenoxy) is 4. The van der Waals surface area contributed by atoms with Crippen LogP contribution in [-0.4, -0.2) is 26.4 Å². The lowest BCUT2D eigenvalue weighted by Gasteiger charge is -2.24. The second-order valence-corrected chi connectivity index (χ2v) is 5.07. The van der Waals surface area contributed by atoms with Crippen molar-refractivity contribution in [2.45, 2.75) is 6.10 Å². The van der Waals surface area contributed by atoms with Crippen LogP contribution in [-0.2, 0) is 0 Å². The number of fused-ring (bicyclic) bond motifs is 1. The van der Waals surface area contributed by atoms with Gasteiger partial charge in [0.15, 0.2) is 11.5 Å². The molecule has 0 spiro atoms. The van der Waals surface area contributed by atoms with E-state index in [0.29, 0.717) is 34.1 Å². The van der Waals surface area contributed by atoms with Crippen LogP contribution in [0.1, 0.15) is 17.2 Å². The third-order valence-electron chi connectivity index (χ3n) is 3.84. The molecule has 0 bridgehead atoms. The van der Waals surface area contributed by atoms with Crippen molar-refractivity contribution in [3.63, 3.8) is 0 Å². The molecule has 0 radical (unpaired) electrons. The van der Waals surface area contributed by atoms with Gasteiger partial charge in [0.25, 0.3) is 0 Å². The molecule has 0 amide bonds. The number of aliphatic hydroxyl groups excluding tert-OH is 1. The number of rotatable bonds is 4. The van der Waals surface area contributed by atoms with Gasteiger partial charge in [0, 0.05) is 17.2 Å². The lowest BCUT2D eigenvalue weighted by molar-refractivity contribution is 0.223. The monoisotopic (exact) mass is 314 g/mol. The highest BCUT2D eigenvalue weighted by Crippen LogP contribution is 2.42. The summed E-state index contributed by atoms with van der Waals surface area (Å²) in [5, 5.41) is 10.7. The summed E-state index contributed by atoms with van der Waals surface area (Å²) in [6.07, 6.45) is 0.760. The molecule has 0 aromatic heterocycles. The van der Waals surface area contributed by atoms with Crippen molar-refractivity contribution < 1.29 is 24.1 Å². The van der Waals surface area contributed by atoms with Crippen molar-refractivity contribution in [1.82, 2.24) is 0 Å². The van der Waals surface area contributed by atoms with E-state index in [1.54, 1.807) is 51.9 Å². The molecule has 5 nitrogen and oxygen atoms in total. The van der Waals surface area contributed by atoms with Crippen LogP contribution in [0.3, 0.4) is 0 Å². The van der Waals surface area contributed by atoms with Crippen LogP contribution in [0.4, 0.5) is 0 Å². The van der Waals surface area contributed by atoms with Crippen molar-refractivity contribution in [2.24, 2.45) is 0 Å². The van der Waals surface area contributed by atoms with Gasteiger partial charge in [-0.25, -0.2) is 0 Å². The lowest BCUT2D eigenvalue weighted by atomic mass is 9.94. The van der Waals surface area contributed by atoms with Gasteiger partial charge in [0.1, 0.15) is 17.6 Å². The van der Waals surface area contributed by atoms with Gasteiger partial charge in [-0.3, -0.25) is 0 Å². The normalized spacial score (nSPS) is 16.0. The molecular formula is C18H18O5. The Bertz CT molecular complexity index is 751. The summed E-state index contributed by atoms with van der Waals surface area (Å²) in [5.74, 6) is 2.49. The maximum Gasteiger partial charge on any atom is 0.161 e. The highest BCUT2D eigenvalue weighted by Gasteiger charge is 2.25. The van der Waals surface area contributed by atoms with Gasteiger partial charge in [0.2, 0.25) is 0 Å². The van der Waals surface area contributed by atoms with Gasteiger partial charge < -0.3 is 24.1 Å². The van der Waals surface area contributed by atoms with E-state index < -0.39 is 6.10 Å². The smallest absolute Gasteiger partial charge is 0.161 e. The predicted octanol–water partition coefficient (Wildman–Crippen LogP) is 3.18. The second-order valence-electron chi connectivity index (χ2n) is 5.07. The van der Waals surface area contributed by atoms with Crippen molar-refractivity contribution in [2.75, 3.05) is 21.3 Å². The minimum absolute atomic E-state index is 0.584. The highest BCUT2D eigenvalue weighted by atomic mass is 16.5. The van der Waals surface area contributed by atoms with Gasteiger partial charge in [-0.15, -0.1) is 0 Å². The molecule has 0 aliphatic carbocycles. The van der Waals surface area contributed by atoms with Gasteiger partial charge in [-0.1, -0.05) is 6.07 Å². The van der Waals surface area contributed by atoms with Crippen LogP contribution >= 0.6 is 0 Å². The Morgan fingerprint density at radius 2 is 1.70 bits per heavy atom. The van der Waals surface area contributed by atoms with Crippen molar-refractivity contribution in [1.29, 1.82) is 0 Å². The molecule has 1 atom stereocenters. The van der Waals surface area contributed by atoms with E-state index in [0.717, 1.165) is 5.56 Å². The molecule has 3 rings (SSSR count). The molecule has 120 valence electrons. The van der Waals surface area contributed by atoms with Crippen molar-refractivity contribution in [3.8, 4) is 23.0 Å². The third-order valence-corrected chi connectivity index (χ3v) is 3.84. The van der Waals surface area contributed by atoms with Crippen LogP contribution in [0.2, 0.25) is 0 Å². The fraction of sp³-hybridized carbons (Fsp3) is 0.222. The minimum atomic E-state index is -0.789. The summed E-state index contributed by atoms with van der Waals surface area (Å²) < 4.78 is 21.4. The highest BCUT2D eigenvalue weighted by molar-refractivity contribution is 5.74. The Morgan fingerprint density at radius 1 is 0.913 bits per heavy atom. The molecule has 1 aliphatic heterocycles. The number of hydrogen-bond donors (Lipinski definition) is 1. The fourth-order valence-electron chi connectivity index (χ4n) is 2.57. The van der Waals surface area contributed by atoms with E-state index in [2.05, 4.69) is 0 Å². The zero-order valence-corrected chi connectivity index (χ0v) is 13.2. The fourth-order valence-corrected chi connectivity index (χ4v) is 2.57. The molecule has 0 saturated carbocycles. The van der Waals surface area contributed by atoms with Gasteiger partial charge >= 0.3 is 0 Å². The topological polar surface area (TPSA) is 57.2 Å². The summed E-state index contributed by atoms with van der Waals surface area (Å²) in [6.45, 7) is 0. The summed E-state index contributed by atoms with van der Waals surface area (Å²) in [4.78, 5) is 0. The van der Waals surface area contributed by atoms with E-state index >= 15 is 0 Å². The summed E-state index contributed by atoms with van der Waals surface area (Å²) in [6, 6.07) is 10.8. The third kappa shape index (κ3) is 2.71. The molecule has 1 N–H and O–H groups in total. The Kier molecular flexibility index (Phi) is 4.12.